The van der Waals surface area contributed by atoms with E-state index in [0.29, 0.717) is 19.3 Å². The Bertz CT molecular complexity index is 1530. The summed E-state index contributed by atoms with van der Waals surface area (Å²) in [4.78, 5) is 26.2. The third kappa shape index (κ3) is 4.08. The summed E-state index contributed by atoms with van der Waals surface area (Å²) in [6, 6.07) is 15.8. The summed E-state index contributed by atoms with van der Waals surface area (Å²) in [7, 11) is 0. The Morgan fingerprint density at radius 3 is 2.60 bits per heavy atom. The lowest BCUT2D eigenvalue weighted by Gasteiger charge is -2.61. The van der Waals surface area contributed by atoms with Gasteiger partial charge in [0.2, 0.25) is 0 Å². The average Bonchev–Trinajstić information content (AvgIpc) is 3.48. The molecule has 10 atom stereocenters. The number of allylic oxidation sites excluding steroid dienone is 4. The second kappa shape index (κ2) is 9.96. The fourth-order valence-electron chi connectivity index (χ4n) is 9.98. The smallest absolute Gasteiger partial charge is 0.193 e. The maximum absolute atomic E-state index is 13.8. The third-order valence-corrected chi connectivity index (χ3v) is 11.7. The van der Waals surface area contributed by atoms with Gasteiger partial charge in [-0.2, -0.15) is 0 Å². The second-order valence-corrected chi connectivity index (χ2v) is 14.0. The molecule has 1 aliphatic heterocycles. The van der Waals surface area contributed by atoms with Crippen LogP contribution < -0.4 is 5.73 Å². The number of benzene rings is 2. The van der Waals surface area contributed by atoms with Gasteiger partial charge >= 0.3 is 0 Å². The van der Waals surface area contributed by atoms with E-state index in [1.54, 1.807) is 12.2 Å². The van der Waals surface area contributed by atoms with Gasteiger partial charge in [-0.1, -0.05) is 68.8 Å². The fourth-order valence-corrected chi connectivity index (χ4v) is 9.98. The van der Waals surface area contributed by atoms with Gasteiger partial charge in [-0.15, -0.1) is 0 Å². The SMILES string of the molecule is C[C@H]1C[C@@H]2[C@H]([C@@H](O)C[C@@]3(C)[C@H]2C[C@H]2O[C@@H](c4cccc(Cc5ccc(N)cc5)c4)O[C@]23C(=O)CO)[C@@]2(C)C=CC(=O)C=C12. The number of nitrogen functional groups attached to an aromatic ring is 1. The maximum Gasteiger partial charge on any atom is 0.193 e. The molecule has 0 spiro atoms. The van der Waals surface area contributed by atoms with Crippen molar-refractivity contribution in [2.24, 2.45) is 34.5 Å². The summed E-state index contributed by atoms with van der Waals surface area (Å²) in [6.07, 6.45) is 5.89. The standard InChI is InChI=1S/C36H41NO6/c1-20-13-26-28-17-31-36(30(41)19-38,35(28,3)18-29(40)32(26)34(2)12-11-25(39)16-27(20)34)43-33(42-31)23-6-4-5-22(15-23)14-21-7-9-24(37)10-8-21/h4-12,15-16,20,26,28-29,31-33,38,40H,13-14,17-19,37H2,1-3H3/t20-,26-,28-,29-,31+,32+,33+,34-,35-,36+/m0/s1. The molecule has 1 heterocycles. The first-order valence-electron chi connectivity index (χ1n) is 15.5. The number of Topliss-reactive ketones (excluding diaryl/α,β-unsaturated/α-hetero) is 1. The minimum absolute atomic E-state index is 0.00110. The average molecular weight is 584 g/mol. The molecule has 43 heavy (non-hydrogen) atoms. The van der Waals surface area contributed by atoms with Crippen LogP contribution in [0.2, 0.25) is 0 Å². The predicted octanol–water partition coefficient (Wildman–Crippen LogP) is 4.71. The van der Waals surface area contributed by atoms with Crippen molar-refractivity contribution in [1.29, 1.82) is 0 Å². The normalized spacial score (nSPS) is 41.2. The Morgan fingerprint density at radius 2 is 1.86 bits per heavy atom. The molecule has 4 fully saturated rings. The molecule has 4 N–H and O–H groups in total. The lowest BCUT2D eigenvalue weighted by molar-refractivity contribution is -0.202. The van der Waals surface area contributed by atoms with Crippen LogP contribution in [0, 0.1) is 34.5 Å². The van der Waals surface area contributed by atoms with Crippen LogP contribution in [0.4, 0.5) is 5.69 Å². The Labute approximate surface area is 252 Å². The van der Waals surface area contributed by atoms with Gasteiger partial charge in [0.05, 0.1) is 12.2 Å². The molecule has 0 aromatic heterocycles. The summed E-state index contributed by atoms with van der Waals surface area (Å²) in [5.41, 5.74) is 8.18. The number of rotatable bonds is 5. The first kappa shape index (κ1) is 28.7. The topological polar surface area (TPSA) is 119 Å². The molecule has 2 aromatic carbocycles. The van der Waals surface area contributed by atoms with E-state index in [0.717, 1.165) is 34.4 Å². The lowest BCUT2D eigenvalue weighted by Crippen LogP contribution is -2.64. The highest BCUT2D eigenvalue weighted by Gasteiger charge is 2.76. The highest BCUT2D eigenvalue weighted by molar-refractivity contribution is 6.01. The van der Waals surface area contributed by atoms with Crippen molar-refractivity contribution in [3.63, 3.8) is 0 Å². The van der Waals surface area contributed by atoms with Crippen molar-refractivity contribution in [3.8, 4) is 0 Å². The predicted molar refractivity (Wildman–Crippen MR) is 162 cm³/mol. The number of aliphatic hydroxyl groups is 2. The minimum Gasteiger partial charge on any atom is -0.399 e. The fraction of sp³-hybridized carbons (Fsp3) is 0.500. The summed E-state index contributed by atoms with van der Waals surface area (Å²) in [6.45, 7) is 5.72. The van der Waals surface area contributed by atoms with Crippen molar-refractivity contribution in [2.45, 2.75) is 70.6 Å². The van der Waals surface area contributed by atoms with E-state index in [4.69, 9.17) is 15.2 Å². The van der Waals surface area contributed by atoms with E-state index in [1.165, 1.54) is 0 Å². The summed E-state index contributed by atoms with van der Waals surface area (Å²) >= 11 is 0. The van der Waals surface area contributed by atoms with Crippen LogP contribution in [0.1, 0.15) is 63.0 Å². The van der Waals surface area contributed by atoms with Gasteiger partial charge in [0.15, 0.2) is 23.5 Å². The van der Waals surface area contributed by atoms with Crippen LogP contribution in [0.15, 0.2) is 72.3 Å². The number of anilines is 1. The largest absolute Gasteiger partial charge is 0.399 e. The first-order chi connectivity index (χ1) is 20.5. The molecule has 7 nitrogen and oxygen atoms in total. The molecule has 0 unspecified atom stereocenters. The van der Waals surface area contributed by atoms with Gasteiger partial charge in [0.1, 0.15) is 6.61 Å². The van der Waals surface area contributed by atoms with Gasteiger partial charge in [-0.3, -0.25) is 9.59 Å². The zero-order valence-corrected chi connectivity index (χ0v) is 25.0. The Morgan fingerprint density at radius 1 is 1.09 bits per heavy atom. The van der Waals surface area contributed by atoms with Crippen molar-refractivity contribution >= 4 is 17.3 Å². The van der Waals surface area contributed by atoms with E-state index >= 15 is 0 Å². The van der Waals surface area contributed by atoms with E-state index < -0.39 is 41.5 Å². The Hall–Kier alpha value is -3.10. The summed E-state index contributed by atoms with van der Waals surface area (Å²) in [5.74, 6) is -0.150. The van der Waals surface area contributed by atoms with E-state index in [-0.39, 0.29) is 35.2 Å². The second-order valence-electron chi connectivity index (χ2n) is 14.0. The molecule has 226 valence electrons. The lowest BCUT2D eigenvalue weighted by atomic mass is 9.44. The number of nitrogens with two attached hydrogens (primary N) is 1. The molecule has 7 rings (SSSR count). The maximum atomic E-state index is 13.8. The van der Waals surface area contributed by atoms with Crippen LogP contribution in [0.3, 0.4) is 0 Å². The van der Waals surface area contributed by atoms with Crippen LogP contribution >= 0.6 is 0 Å². The molecule has 0 radical (unpaired) electrons. The molecule has 1 saturated heterocycles. The molecular formula is C36H41NO6. The molecule has 7 heteroatoms. The number of fused-ring (bicyclic) bond motifs is 7. The van der Waals surface area contributed by atoms with E-state index in [9.17, 15) is 19.8 Å². The summed E-state index contributed by atoms with van der Waals surface area (Å²) < 4.78 is 13.4. The minimum atomic E-state index is -1.37. The monoisotopic (exact) mass is 583 g/mol. The number of carbonyl (C=O) groups is 2. The summed E-state index contributed by atoms with van der Waals surface area (Å²) in [5, 5.41) is 22.2. The third-order valence-electron chi connectivity index (χ3n) is 11.7. The van der Waals surface area contributed by atoms with Crippen LogP contribution in [-0.4, -0.2) is 46.2 Å². The Kier molecular flexibility index (Phi) is 6.64. The van der Waals surface area contributed by atoms with Crippen molar-refractivity contribution in [1.82, 2.24) is 0 Å². The number of aliphatic hydroxyl groups excluding tert-OH is 2. The molecule has 2 aromatic rings. The quantitative estimate of drug-likeness (QED) is 0.436. The van der Waals surface area contributed by atoms with Gasteiger partial charge in [0.25, 0.3) is 0 Å². The number of carbonyl (C=O) groups excluding carboxylic acids is 2. The van der Waals surface area contributed by atoms with Gasteiger partial charge in [0, 0.05) is 28.0 Å². The molecule has 3 saturated carbocycles. The number of hydrogen-bond acceptors (Lipinski definition) is 7. The van der Waals surface area contributed by atoms with Gasteiger partial charge in [-0.25, -0.2) is 0 Å². The highest BCUT2D eigenvalue weighted by atomic mass is 16.7. The van der Waals surface area contributed by atoms with Crippen molar-refractivity contribution < 1.29 is 29.3 Å². The number of ether oxygens (including phenoxy) is 2. The van der Waals surface area contributed by atoms with Crippen molar-refractivity contribution in [2.75, 3.05) is 12.3 Å². The van der Waals surface area contributed by atoms with E-state index in [2.05, 4.69) is 32.9 Å². The van der Waals surface area contributed by atoms with E-state index in [1.807, 2.05) is 42.5 Å². The van der Waals surface area contributed by atoms with Gasteiger partial charge in [-0.05, 0) is 78.8 Å². The molecular weight excluding hydrogens is 542 g/mol. The highest BCUT2D eigenvalue weighted by Crippen LogP contribution is 2.71. The van der Waals surface area contributed by atoms with Crippen molar-refractivity contribution in [3.05, 3.63) is 89.0 Å². The van der Waals surface area contributed by atoms with Gasteiger partial charge < -0.3 is 25.4 Å². The number of ketones is 2. The zero-order chi connectivity index (χ0) is 30.3. The van der Waals surface area contributed by atoms with Crippen LogP contribution in [0.5, 0.6) is 0 Å². The van der Waals surface area contributed by atoms with Crippen LogP contribution in [-0.2, 0) is 25.5 Å². The Balaban J connectivity index is 1.22. The zero-order valence-electron chi connectivity index (χ0n) is 25.0. The molecule has 5 aliphatic rings. The number of hydrogen-bond donors (Lipinski definition) is 3. The first-order valence-corrected chi connectivity index (χ1v) is 15.5. The molecule has 0 amide bonds. The van der Waals surface area contributed by atoms with Crippen LogP contribution in [0.25, 0.3) is 0 Å². The molecule has 4 aliphatic carbocycles. The molecule has 0 bridgehead atoms.